The molecule has 1 aromatic rings. The molecule has 1 N–H and O–H groups in total. The van der Waals surface area contributed by atoms with E-state index in [1.165, 1.54) is 44.9 Å². The molecule has 1 aromatic heterocycles. The summed E-state index contributed by atoms with van der Waals surface area (Å²) in [5.41, 5.74) is 0.0794. The lowest BCUT2D eigenvalue weighted by atomic mass is 9.53. The number of hydrogen-bond donors (Lipinski definition) is 1. The minimum Gasteiger partial charge on any atom is -0.481 e. The van der Waals surface area contributed by atoms with Crippen molar-refractivity contribution < 1.29 is 9.90 Å². The van der Waals surface area contributed by atoms with Crippen LogP contribution < -0.4 is 0 Å². The molecule has 102 valence electrons. The van der Waals surface area contributed by atoms with Gasteiger partial charge in [0.2, 0.25) is 0 Å². The molecule has 5 heteroatoms. The first-order chi connectivity index (χ1) is 9.14. The van der Waals surface area contributed by atoms with Crippen molar-refractivity contribution in [3.05, 3.63) is 12.2 Å². The van der Waals surface area contributed by atoms with Crippen molar-refractivity contribution in [1.29, 1.82) is 0 Å². The van der Waals surface area contributed by atoms with Crippen LogP contribution in [0, 0.1) is 17.8 Å². The summed E-state index contributed by atoms with van der Waals surface area (Å²) in [6.45, 7) is 0. The van der Waals surface area contributed by atoms with E-state index in [0.29, 0.717) is 5.82 Å². The summed E-state index contributed by atoms with van der Waals surface area (Å²) in [5.74, 6) is 2.29. The average molecular weight is 261 g/mol. The maximum absolute atomic E-state index is 11.0. The molecule has 4 aliphatic carbocycles. The van der Waals surface area contributed by atoms with E-state index < -0.39 is 5.97 Å². The molecule has 1 heterocycles. The van der Waals surface area contributed by atoms with Crippen molar-refractivity contribution in [3.63, 3.8) is 0 Å². The molecule has 4 aliphatic rings. The molecule has 5 nitrogen and oxygen atoms in total. The second kappa shape index (κ2) is 3.81. The number of carbonyl (C=O) groups is 1. The zero-order valence-corrected chi connectivity index (χ0v) is 11.0. The van der Waals surface area contributed by atoms with Crippen molar-refractivity contribution in [2.24, 2.45) is 17.8 Å². The van der Waals surface area contributed by atoms with E-state index in [9.17, 15) is 4.79 Å². The van der Waals surface area contributed by atoms with Gasteiger partial charge >= 0.3 is 5.97 Å². The lowest BCUT2D eigenvalue weighted by Crippen LogP contribution is -2.52. The van der Waals surface area contributed by atoms with Gasteiger partial charge in [0.1, 0.15) is 18.6 Å². The van der Waals surface area contributed by atoms with Crippen LogP contribution in [-0.2, 0) is 16.8 Å². The summed E-state index contributed by atoms with van der Waals surface area (Å²) >= 11 is 0. The van der Waals surface area contributed by atoms with Gasteiger partial charge in [0, 0.05) is 0 Å². The van der Waals surface area contributed by atoms with E-state index in [-0.39, 0.29) is 12.0 Å². The van der Waals surface area contributed by atoms with Crippen molar-refractivity contribution in [2.75, 3.05) is 0 Å². The van der Waals surface area contributed by atoms with Crippen LogP contribution in [0.2, 0.25) is 0 Å². The van der Waals surface area contributed by atoms with Gasteiger partial charge in [0.25, 0.3) is 0 Å². The molecule has 0 spiro atoms. The lowest BCUT2D eigenvalue weighted by Gasteiger charge is -2.56. The van der Waals surface area contributed by atoms with Crippen LogP contribution in [0.3, 0.4) is 0 Å². The third kappa shape index (κ3) is 1.70. The molecular weight excluding hydrogens is 242 g/mol. The van der Waals surface area contributed by atoms with Crippen LogP contribution in [0.5, 0.6) is 0 Å². The molecule has 0 amide bonds. The monoisotopic (exact) mass is 261 g/mol. The molecule has 0 unspecified atom stereocenters. The first kappa shape index (κ1) is 11.4. The summed E-state index contributed by atoms with van der Waals surface area (Å²) in [4.78, 5) is 15.1. The molecule has 0 aliphatic heterocycles. The normalized spacial score (nSPS) is 39.7. The second-order valence-corrected chi connectivity index (χ2v) is 6.80. The maximum Gasteiger partial charge on any atom is 0.311 e. The molecule has 4 bridgehead atoms. The van der Waals surface area contributed by atoms with Gasteiger partial charge in [0.15, 0.2) is 0 Å². The topological polar surface area (TPSA) is 68.0 Å². The first-order valence-electron chi connectivity index (χ1n) is 7.26. The Balaban J connectivity index is 1.72. The van der Waals surface area contributed by atoms with Crippen molar-refractivity contribution in [3.8, 4) is 0 Å². The smallest absolute Gasteiger partial charge is 0.311 e. The zero-order chi connectivity index (χ0) is 13.0. The number of rotatable bonds is 3. The van der Waals surface area contributed by atoms with Gasteiger partial charge in [-0.05, 0) is 56.3 Å². The standard InChI is InChI=1S/C14H19N3O2/c18-13(19)4-12-15-8-16-17(12)14-5-9-1-10(6-14)3-11(2-9)7-14/h8-11H,1-7H2,(H,18,19). The van der Waals surface area contributed by atoms with Crippen LogP contribution in [0.25, 0.3) is 0 Å². The highest BCUT2D eigenvalue weighted by atomic mass is 16.4. The highest BCUT2D eigenvalue weighted by molar-refractivity contribution is 5.69. The molecular formula is C14H19N3O2. The molecule has 0 radical (unpaired) electrons. The van der Waals surface area contributed by atoms with E-state index in [2.05, 4.69) is 10.1 Å². The number of aliphatic carboxylic acids is 1. The van der Waals surface area contributed by atoms with Gasteiger partial charge in [-0.3, -0.25) is 4.79 Å². The Kier molecular flexibility index (Phi) is 2.29. The number of nitrogens with zero attached hydrogens (tertiary/aromatic N) is 3. The fourth-order valence-corrected chi connectivity index (χ4v) is 5.24. The van der Waals surface area contributed by atoms with Crippen LogP contribution in [0.1, 0.15) is 44.3 Å². The van der Waals surface area contributed by atoms with E-state index in [0.717, 1.165) is 17.8 Å². The Hall–Kier alpha value is -1.39. The molecule has 4 saturated carbocycles. The lowest BCUT2D eigenvalue weighted by molar-refractivity contribution is -0.136. The van der Waals surface area contributed by atoms with E-state index >= 15 is 0 Å². The van der Waals surface area contributed by atoms with E-state index in [1.807, 2.05) is 4.68 Å². The molecule has 5 rings (SSSR count). The Bertz CT molecular complexity index is 487. The van der Waals surface area contributed by atoms with E-state index in [4.69, 9.17) is 5.11 Å². The fraction of sp³-hybridized carbons (Fsp3) is 0.786. The zero-order valence-electron chi connectivity index (χ0n) is 11.0. The Morgan fingerprint density at radius 1 is 1.26 bits per heavy atom. The Labute approximate surface area is 112 Å². The average Bonchev–Trinajstić information content (AvgIpc) is 2.74. The Morgan fingerprint density at radius 3 is 2.37 bits per heavy atom. The van der Waals surface area contributed by atoms with Crippen LogP contribution in [-0.4, -0.2) is 25.8 Å². The minimum absolute atomic E-state index is 0.0122. The molecule has 0 aromatic carbocycles. The summed E-state index contributed by atoms with van der Waals surface area (Å²) in [5, 5.41) is 13.4. The van der Waals surface area contributed by atoms with Crippen molar-refractivity contribution in [1.82, 2.24) is 14.8 Å². The largest absolute Gasteiger partial charge is 0.481 e. The number of aromatic nitrogens is 3. The quantitative estimate of drug-likeness (QED) is 0.901. The van der Waals surface area contributed by atoms with Crippen molar-refractivity contribution in [2.45, 2.75) is 50.5 Å². The predicted molar refractivity (Wildman–Crippen MR) is 67.5 cm³/mol. The SMILES string of the molecule is O=C(O)Cc1ncnn1C12CC3CC(CC(C3)C1)C2. The van der Waals surface area contributed by atoms with Gasteiger partial charge < -0.3 is 5.11 Å². The second-order valence-electron chi connectivity index (χ2n) is 6.80. The first-order valence-corrected chi connectivity index (χ1v) is 7.26. The molecule has 4 fully saturated rings. The number of hydrogen-bond acceptors (Lipinski definition) is 3. The maximum atomic E-state index is 11.0. The van der Waals surface area contributed by atoms with Gasteiger partial charge in [-0.1, -0.05) is 0 Å². The summed E-state index contributed by atoms with van der Waals surface area (Å²) in [7, 11) is 0. The van der Waals surface area contributed by atoms with Gasteiger partial charge in [-0.2, -0.15) is 5.10 Å². The van der Waals surface area contributed by atoms with E-state index in [1.54, 1.807) is 0 Å². The van der Waals surface area contributed by atoms with Gasteiger partial charge in [-0.15, -0.1) is 0 Å². The van der Waals surface area contributed by atoms with Crippen LogP contribution in [0.4, 0.5) is 0 Å². The molecule has 0 saturated heterocycles. The summed E-state index contributed by atoms with van der Waals surface area (Å²) < 4.78 is 1.98. The van der Waals surface area contributed by atoms with Gasteiger partial charge in [-0.25, -0.2) is 9.67 Å². The summed E-state index contributed by atoms with van der Waals surface area (Å²) in [6, 6.07) is 0. The predicted octanol–water partition coefficient (Wildman–Crippen LogP) is 1.83. The number of carboxylic acids is 1. The third-order valence-electron chi connectivity index (χ3n) is 5.38. The summed E-state index contributed by atoms with van der Waals surface area (Å²) in [6.07, 6.45) is 9.17. The van der Waals surface area contributed by atoms with Crippen molar-refractivity contribution >= 4 is 5.97 Å². The minimum atomic E-state index is -0.820. The number of carboxylic acid groups (broad SMARTS) is 1. The van der Waals surface area contributed by atoms with Gasteiger partial charge in [0.05, 0.1) is 5.54 Å². The third-order valence-corrected chi connectivity index (χ3v) is 5.38. The molecule has 0 atom stereocenters. The highest BCUT2D eigenvalue weighted by Crippen LogP contribution is 2.58. The highest BCUT2D eigenvalue weighted by Gasteiger charge is 2.53. The fourth-order valence-electron chi connectivity index (χ4n) is 5.24. The Morgan fingerprint density at radius 2 is 1.84 bits per heavy atom. The molecule has 19 heavy (non-hydrogen) atoms. The van der Waals surface area contributed by atoms with Crippen LogP contribution >= 0.6 is 0 Å². The van der Waals surface area contributed by atoms with Crippen LogP contribution in [0.15, 0.2) is 6.33 Å².